The van der Waals surface area contributed by atoms with Gasteiger partial charge in [0.2, 0.25) is 0 Å². The maximum absolute atomic E-state index is 12.0. The van der Waals surface area contributed by atoms with Gasteiger partial charge in [0.15, 0.2) is 5.78 Å². The molecule has 1 aliphatic heterocycles. The number of Topliss-reactive ketones (excluding diaryl/α,β-unsaturated/α-hetero) is 1. The van der Waals surface area contributed by atoms with Gasteiger partial charge in [-0.2, -0.15) is 0 Å². The minimum atomic E-state index is -0.821. The van der Waals surface area contributed by atoms with E-state index in [2.05, 4.69) is 0 Å². The highest BCUT2D eigenvalue weighted by molar-refractivity contribution is 6.19. The molecule has 0 aromatic heterocycles. The number of rotatable bonds is 10. The Morgan fingerprint density at radius 2 is 2.03 bits per heavy atom. The number of hydrogen-bond acceptors (Lipinski definition) is 7. The molecule has 164 valence electrons. The summed E-state index contributed by atoms with van der Waals surface area (Å²) >= 11 is 0. The smallest absolute Gasteiger partial charge is 0.345 e. The summed E-state index contributed by atoms with van der Waals surface area (Å²) in [5.74, 6) is -2.51. The lowest BCUT2D eigenvalue weighted by Gasteiger charge is -2.23. The first-order chi connectivity index (χ1) is 13.6. The van der Waals surface area contributed by atoms with Crippen LogP contribution in [0.25, 0.3) is 0 Å². The molecule has 2 N–H and O–H groups in total. The van der Waals surface area contributed by atoms with Crippen LogP contribution in [0, 0.1) is 17.8 Å². The monoisotopic (exact) mass is 419 g/mol. The zero-order valence-electron chi connectivity index (χ0n) is 18.0. The number of ether oxygens (including phenoxy) is 2. The predicted octanol–water partition coefficient (Wildman–Crippen LogP) is 3.26. The van der Waals surface area contributed by atoms with Gasteiger partial charge in [-0.15, -0.1) is 0 Å². The van der Waals surface area contributed by atoms with E-state index < -0.39 is 35.8 Å². The van der Waals surface area contributed by atoms with Crippen molar-refractivity contribution >= 4 is 17.7 Å². The molecule has 0 amide bonds. The highest BCUT2D eigenvalue weighted by Gasteiger charge is 2.32. The summed E-state index contributed by atoms with van der Waals surface area (Å²) in [5.41, 5.74) is -0.242. The fraction of sp³-hybridized carbons (Fsp3) is 0.682. The number of ketones is 1. The van der Waals surface area contributed by atoms with E-state index in [-0.39, 0.29) is 36.0 Å². The third-order valence-electron chi connectivity index (χ3n) is 5.38. The molecule has 1 saturated heterocycles. The van der Waals surface area contributed by atoms with E-state index in [0.717, 1.165) is 6.42 Å². The Bertz CT molecular complexity index is 630. The highest BCUT2D eigenvalue weighted by Crippen LogP contribution is 2.24. The lowest BCUT2D eigenvalue weighted by molar-refractivity contribution is -0.150. The van der Waals surface area contributed by atoms with Crippen LogP contribution >= 0.6 is 0 Å². The number of carbonyl (C=O) groups is 3. The Hall–Kier alpha value is -2.15. The average Bonchev–Trinajstić information content (AvgIpc) is 2.67. The van der Waals surface area contributed by atoms with Crippen LogP contribution in [0.3, 0.4) is 0 Å². The maximum atomic E-state index is 12.0. The fourth-order valence-electron chi connectivity index (χ4n) is 3.19. The molecule has 7 nitrogen and oxygen atoms in total. The van der Waals surface area contributed by atoms with Crippen molar-refractivity contribution in [2.75, 3.05) is 7.11 Å². The van der Waals surface area contributed by atoms with Gasteiger partial charge in [-0.1, -0.05) is 39.3 Å². The molecule has 5 atom stereocenters. The largest absolute Gasteiger partial charge is 0.511 e. The van der Waals surface area contributed by atoms with Crippen LogP contribution in [-0.2, 0) is 23.9 Å². The topological polar surface area (TPSA) is 110 Å². The van der Waals surface area contributed by atoms with Crippen LogP contribution in [0.15, 0.2) is 23.5 Å². The SMILES string of the molecule is CC[C@H](C)[C@@H](O)[C@@H](/C=C/C[C@H](C)CC/C(O)=C1\[13C](=[18O])C[13C@@H](C)[18O][13C]1=[18O])C(=O)OC. The Morgan fingerprint density at radius 3 is 2.59 bits per heavy atom. The van der Waals surface area contributed by atoms with E-state index in [9.17, 15) is 24.6 Å². The Labute approximate surface area is 172 Å². The minimum Gasteiger partial charge on any atom is -0.511 e. The summed E-state index contributed by atoms with van der Waals surface area (Å²) in [6.45, 7) is 7.43. The number of allylic oxidation sites excluding steroid dienone is 2. The Morgan fingerprint density at radius 1 is 1.38 bits per heavy atom. The number of hydrogen-bond donors (Lipinski definition) is 2. The maximum Gasteiger partial charge on any atom is 0.345 e. The second-order valence-electron chi connectivity index (χ2n) is 7.90. The molecule has 0 aliphatic carbocycles. The molecule has 0 spiro atoms. The first-order valence-electron chi connectivity index (χ1n) is 10.2. The lowest BCUT2D eigenvalue weighted by atomic mass is 9.89. The predicted molar refractivity (Wildman–Crippen MR) is 108 cm³/mol. The summed E-state index contributed by atoms with van der Waals surface area (Å²) in [5, 5.41) is 20.5. The van der Waals surface area contributed by atoms with Gasteiger partial charge in [0, 0.05) is 12.8 Å². The van der Waals surface area contributed by atoms with Crippen molar-refractivity contribution in [1.82, 2.24) is 0 Å². The second-order valence-corrected chi connectivity index (χ2v) is 7.90. The molecule has 1 heterocycles. The van der Waals surface area contributed by atoms with Gasteiger partial charge in [-0.25, -0.2) is 4.79 Å². The third-order valence-corrected chi connectivity index (χ3v) is 5.38. The van der Waals surface area contributed by atoms with Crippen LogP contribution in [0.1, 0.15) is 59.8 Å². The highest BCUT2D eigenvalue weighted by atomic mass is 18.4. The quantitative estimate of drug-likeness (QED) is 0.106. The lowest BCUT2D eigenvalue weighted by Crippen LogP contribution is -2.32. The van der Waals surface area contributed by atoms with Crippen LogP contribution < -0.4 is 0 Å². The normalized spacial score (nSPS) is 23.3. The Balaban J connectivity index is 2.66. The minimum absolute atomic E-state index is 0.0414. The first kappa shape index (κ1) is 24.9. The van der Waals surface area contributed by atoms with Gasteiger partial charge < -0.3 is 19.7 Å². The molecule has 1 fully saturated rings. The van der Waals surface area contributed by atoms with Crippen molar-refractivity contribution in [2.45, 2.75) is 72.0 Å². The summed E-state index contributed by atoms with van der Waals surface area (Å²) in [7, 11) is 1.30. The van der Waals surface area contributed by atoms with Gasteiger partial charge >= 0.3 is 11.9 Å². The van der Waals surface area contributed by atoms with E-state index >= 15 is 0 Å². The van der Waals surface area contributed by atoms with E-state index in [1.54, 1.807) is 13.0 Å². The van der Waals surface area contributed by atoms with Gasteiger partial charge in [0.1, 0.15) is 23.4 Å². The van der Waals surface area contributed by atoms with Crippen molar-refractivity contribution < 1.29 is 34.1 Å². The zero-order valence-corrected chi connectivity index (χ0v) is 18.0. The van der Waals surface area contributed by atoms with E-state index in [1.807, 2.05) is 26.8 Å². The summed E-state index contributed by atoms with van der Waals surface area (Å²) in [6.07, 6.45) is 4.37. The number of esters is 2. The van der Waals surface area contributed by atoms with Crippen molar-refractivity contribution in [2.24, 2.45) is 17.8 Å². The van der Waals surface area contributed by atoms with Crippen LogP contribution in [-0.4, -0.2) is 47.3 Å². The van der Waals surface area contributed by atoms with E-state index in [0.29, 0.717) is 12.8 Å². The van der Waals surface area contributed by atoms with Gasteiger partial charge in [-0.3, -0.25) is 9.59 Å². The Kier molecular flexibility index (Phi) is 10.1. The second kappa shape index (κ2) is 11.8. The number of cyclic esters (lactones) is 1. The average molecular weight is 419 g/mol. The first-order valence-corrected chi connectivity index (χ1v) is 10.2. The molecule has 0 aromatic carbocycles. The number of methoxy groups -OCH3 is 1. The molecule has 29 heavy (non-hydrogen) atoms. The van der Waals surface area contributed by atoms with Gasteiger partial charge in [-0.05, 0) is 31.6 Å². The van der Waals surface area contributed by atoms with Crippen molar-refractivity contribution in [1.29, 1.82) is 0 Å². The molecule has 0 bridgehead atoms. The molecule has 0 unspecified atom stereocenters. The molecular formula is C22H34O7. The summed E-state index contributed by atoms with van der Waals surface area (Å²) in [4.78, 5) is 35.8. The summed E-state index contributed by atoms with van der Waals surface area (Å²) in [6, 6.07) is 0. The van der Waals surface area contributed by atoms with Crippen LogP contribution in [0.2, 0.25) is 0 Å². The van der Waals surface area contributed by atoms with Gasteiger partial charge in [0.25, 0.3) is 0 Å². The number of aliphatic hydroxyl groups excluding tert-OH is 2. The van der Waals surface area contributed by atoms with Crippen molar-refractivity contribution in [3.05, 3.63) is 23.5 Å². The molecule has 0 saturated carbocycles. The van der Waals surface area contributed by atoms with Crippen LogP contribution in [0.5, 0.6) is 0 Å². The van der Waals surface area contributed by atoms with Crippen molar-refractivity contribution in [3.8, 4) is 0 Å². The third kappa shape index (κ3) is 7.31. The molecule has 1 rings (SSSR count). The van der Waals surface area contributed by atoms with Crippen molar-refractivity contribution in [3.63, 3.8) is 0 Å². The molecule has 1 aliphatic rings. The standard InChI is InChI=1S/C22H34O7/c1-6-14(3)20(25)16(21(26)28-5)9-7-8-13(2)10-11-17(23)19-18(24)12-15(4)29-22(19)27/h7,9,13-16,20,23,25H,6,8,10-12H2,1-5H3/b9-7+,19-17-/t13-,14-,15+,16+,20+/m0/s1/i15+1,18+1,22+1,24+2,27+2,29+2. The molecule has 0 radical (unpaired) electrons. The van der Waals surface area contributed by atoms with E-state index in [1.165, 1.54) is 7.11 Å². The zero-order chi connectivity index (χ0) is 22.1. The van der Waals surface area contributed by atoms with E-state index in [4.69, 9.17) is 9.47 Å². The molecule has 0 aromatic rings. The number of aliphatic hydroxyl groups is 2. The molecule has 7 heteroatoms. The summed E-state index contributed by atoms with van der Waals surface area (Å²) < 4.78 is 9.81. The molecular weight excluding hydrogens is 385 g/mol. The van der Waals surface area contributed by atoms with Crippen LogP contribution in [0.4, 0.5) is 0 Å². The van der Waals surface area contributed by atoms with Gasteiger partial charge in [0.05, 0.1) is 13.2 Å². The fourth-order valence-corrected chi connectivity index (χ4v) is 3.19. The number of carbonyl (C=O) groups excluding carboxylic acids is 3.